The molecule has 0 radical (unpaired) electrons. The van der Waals surface area contributed by atoms with E-state index in [0.717, 1.165) is 35.7 Å². The van der Waals surface area contributed by atoms with E-state index >= 15 is 0 Å². The Kier molecular flexibility index (Phi) is 6.63. The second-order valence-electron chi connectivity index (χ2n) is 8.07. The predicted molar refractivity (Wildman–Crippen MR) is 112 cm³/mol. The molecule has 0 amide bonds. The molecule has 2 aliphatic rings. The smallest absolute Gasteiger partial charge is 0.377 e. The molecular formula is C24H20F6N2O3. The monoisotopic (exact) mass is 498 g/mol. The van der Waals surface area contributed by atoms with Crippen molar-refractivity contribution >= 4 is 5.71 Å². The SMILES string of the molecule is COC1CCc2cc(C3=NOC(c4cccc(C(F)(F)F)c4)(C(F)(F)F)C3)ccc21.c1cnoc1. The summed E-state index contributed by atoms with van der Waals surface area (Å²) in [5.41, 5.74) is -2.38. The number of rotatable bonds is 3. The average molecular weight is 498 g/mol. The second-order valence-corrected chi connectivity index (χ2v) is 8.07. The molecule has 2 unspecified atom stereocenters. The van der Waals surface area contributed by atoms with Gasteiger partial charge in [-0.25, -0.2) is 0 Å². The Bertz CT molecular complexity index is 1170. The number of aryl methyl sites for hydroxylation is 1. The number of methoxy groups -OCH3 is 1. The van der Waals surface area contributed by atoms with Crippen molar-refractivity contribution in [3.8, 4) is 0 Å². The predicted octanol–water partition coefficient (Wildman–Crippen LogP) is 6.60. The summed E-state index contributed by atoms with van der Waals surface area (Å²) in [6, 6.07) is 9.99. The van der Waals surface area contributed by atoms with Crippen LogP contribution < -0.4 is 0 Å². The lowest BCUT2D eigenvalue weighted by Gasteiger charge is -2.30. The van der Waals surface area contributed by atoms with Crippen LogP contribution in [0.4, 0.5) is 26.3 Å². The summed E-state index contributed by atoms with van der Waals surface area (Å²) in [5.74, 6) is 0. The lowest BCUT2D eigenvalue weighted by molar-refractivity contribution is -0.276. The minimum Gasteiger partial charge on any atom is -0.377 e. The maximum Gasteiger partial charge on any atom is 0.435 e. The van der Waals surface area contributed by atoms with Gasteiger partial charge in [-0.1, -0.05) is 34.6 Å². The summed E-state index contributed by atoms with van der Waals surface area (Å²) in [7, 11) is 1.59. The first-order valence-electron chi connectivity index (χ1n) is 10.5. The van der Waals surface area contributed by atoms with Crippen LogP contribution in [-0.2, 0) is 27.8 Å². The molecule has 0 bridgehead atoms. The molecular weight excluding hydrogens is 478 g/mol. The molecule has 2 heterocycles. The van der Waals surface area contributed by atoms with E-state index in [9.17, 15) is 26.3 Å². The fraction of sp³-hybridized carbons (Fsp3) is 0.333. The Morgan fingerprint density at radius 3 is 2.43 bits per heavy atom. The van der Waals surface area contributed by atoms with Crippen LogP contribution in [0.25, 0.3) is 0 Å². The zero-order chi connectivity index (χ0) is 25.3. The number of nitrogens with zero attached hydrogens (tertiary/aromatic N) is 2. The molecule has 0 spiro atoms. The third-order valence-corrected chi connectivity index (χ3v) is 5.97. The van der Waals surface area contributed by atoms with Crippen LogP contribution in [0.5, 0.6) is 0 Å². The van der Waals surface area contributed by atoms with Crippen LogP contribution in [0.15, 0.2) is 70.7 Å². The summed E-state index contributed by atoms with van der Waals surface area (Å²) in [6.45, 7) is 0. The van der Waals surface area contributed by atoms with Gasteiger partial charge in [0.2, 0.25) is 0 Å². The molecule has 186 valence electrons. The Morgan fingerprint density at radius 2 is 1.83 bits per heavy atom. The van der Waals surface area contributed by atoms with Crippen LogP contribution in [-0.4, -0.2) is 24.2 Å². The quantitative estimate of drug-likeness (QED) is 0.382. The molecule has 2 aromatic carbocycles. The number of alkyl halides is 6. The number of halogens is 6. The maximum absolute atomic E-state index is 14.0. The van der Waals surface area contributed by atoms with E-state index in [1.165, 1.54) is 6.26 Å². The Hall–Kier alpha value is -3.34. The third-order valence-electron chi connectivity index (χ3n) is 5.97. The Balaban J connectivity index is 0.000000514. The average Bonchev–Trinajstić information content (AvgIpc) is 3.59. The van der Waals surface area contributed by atoms with Crippen LogP contribution in [0.2, 0.25) is 0 Å². The second kappa shape index (κ2) is 9.37. The van der Waals surface area contributed by atoms with E-state index in [-0.39, 0.29) is 11.8 Å². The first-order chi connectivity index (χ1) is 16.5. The van der Waals surface area contributed by atoms with E-state index < -0.39 is 35.5 Å². The Morgan fingerprint density at radius 1 is 1.03 bits per heavy atom. The first kappa shape index (κ1) is 24.8. The Labute approximate surface area is 196 Å². The fourth-order valence-corrected chi connectivity index (χ4v) is 4.18. The van der Waals surface area contributed by atoms with E-state index in [1.807, 2.05) is 0 Å². The number of ether oxygens (including phenoxy) is 1. The first-order valence-corrected chi connectivity index (χ1v) is 10.5. The lowest BCUT2D eigenvalue weighted by Crippen LogP contribution is -2.42. The van der Waals surface area contributed by atoms with E-state index in [0.29, 0.717) is 18.1 Å². The highest BCUT2D eigenvalue weighted by molar-refractivity contribution is 6.02. The standard InChI is InChI=1S/C21H17F6NO2.C3H3NO/c1-29-18-8-6-12-9-13(5-7-16(12)18)17-11-19(30-28-17,21(25,26)27)14-3-2-4-15(10-14)20(22,23)24;1-2-4-5-3-1/h2-5,7,9-10,18H,6,8,11H2,1H3;1-3H. The summed E-state index contributed by atoms with van der Waals surface area (Å²) in [4.78, 5) is 4.86. The molecule has 1 aromatic heterocycles. The van der Waals surface area contributed by atoms with Crippen LogP contribution in [0.1, 0.15) is 46.8 Å². The van der Waals surface area contributed by atoms with Gasteiger partial charge in [-0.3, -0.25) is 0 Å². The van der Waals surface area contributed by atoms with Crippen LogP contribution in [0.3, 0.4) is 0 Å². The van der Waals surface area contributed by atoms with Gasteiger partial charge >= 0.3 is 12.4 Å². The van der Waals surface area contributed by atoms with Crippen LogP contribution >= 0.6 is 0 Å². The van der Waals surface area contributed by atoms with Crippen molar-refractivity contribution < 1.29 is 40.4 Å². The van der Waals surface area contributed by atoms with Gasteiger partial charge in [-0.05, 0) is 53.8 Å². The fourth-order valence-electron chi connectivity index (χ4n) is 4.18. The number of hydrogen-bond acceptors (Lipinski definition) is 5. The summed E-state index contributed by atoms with van der Waals surface area (Å²) >= 11 is 0. The van der Waals surface area contributed by atoms with Crippen LogP contribution in [0, 0.1) is 0 Å². The minimum atomic E-state index is -4.97. The van der Waals surface area contributed by atoms with Crippen molar-refractivity contribution in [3.63, 3.8) is 0 Å². The highest BCUT2D eigenvalue weighted by Gasteiger charge is 2.62. The van der Waals surface area contributed by atoms with Gasteiger partial charge in [0.15, 0.2) is 0 Å². The summed E-state index contributed by atoms with van der Waals surface area (Å²) in [5, 5.41) is 6.99. The molecule has 3 aromatic rings. The van der Waals surface area contributed by atoms with E-state index in [1.54, 1.807) is 37.6 Å². The van der Waals surface area contributed by atoms with Crippen molar-refractivity contribution in [1.29, 1.82) is 0 Å². The van der Waals surface area contributed by atoms with Crippen molar-refractivity contribution in [3.05, 3.63) is 88.8 Å². The normalized spacial score (nSPS) is 21.6. The van der Waals surface area contributed by atoms with Gasteiger partial charge in [0.05, 0.1) is 23.6 Å². The number of benzene rings is 2. The maximum atomic E-state index is 14.0. The molecule has 35 heavy (non-hydrogen) atoms. The molecule has 11 heteroatoms. The van der Waals surface area contributed by atoms with Crippen molar-refractivity contribution in [2.75, 3.05) is 7.11 Å². The largest absolute Gasteiger partial charge is 0.435 e. The van der Waals surface area contributed by atoms with Gasteiger partial charge in [-0.2, -0.15) is 26.3 Å². The molecule has 2 atom stereocenters. The number of fused-ring (bicyclic) bond motifs is 1. The van der Waals surface area contributed by atoms with Gasteiger partial charge < -0.3 is 14.1 Å². The van der Waals surface area contributed by atoms with E-state index in [2.05, 4.69) is 14.8 Å². The molecule has 1 aliphatic heterocycles. The van der Waals surface area contributed by atoms with Gasteiger partial charge in [-0.15, -0.1) is 0 Å². The molecule has 5 rings (SSSR count). The minimum absolute atomic E-state index is 0.0356. The summed E-state index contributed by atoms with van der Waals surface area (Å²) < 4.78 is 91.0. The highest BCUT2D eigenvalue weighted by atomic mass is 19.4. The molecule has 0 N–H and O–H groups in total. The van der Waals surface area contributed by atoms with Crippen molar-refractivity contribution in [2.45, 2.75) is 43.3 Å². The highest BCUT2D eigenvalue weighted by Crippen LogP contribution is 2.49. The molecule has 0 saturated heterocycles. The zero-order valence-corrected chi connectivity index (χ0v) is 18.4. The summed E-state index contributed by atoms with van der Waals surface area (Å²) in [6.07, 6.45) is -5.94. The zero-order valence-electron chi connectivity index (χ0n) is 18.4. The van der Waals surface area contributed by atoms with Gasteiger partial charge in [0.25, 0.3) is 5.60 Å². The number of aromatic nitrogens is 1. The topological polar surface area (TPSA) is 56.9 Å². The lowest BCUT2D eigenvalue weighted by atomic mass is 9.85. The molecule has 0 fully saturated rings. The molecule has 5 nitrogen and oxygen atoms in total. The number of oxime groups is 1. The van der Waals surface area contributed by atoms with Crippen molar-refractivity contribution in [2.24, 2.45) is 5.16 Å². The van der Waals surface area contributed by atoms with Crippen molar-refractivity contribution in [1.82, 2.24) is 5.16 Å². The third kappa shape index (κ3) is 4.90. The van der Waals surface area contributed by atoms with E-state index in [4.69, 9.17) is 9.57 Å². The molecule has 1 aliphatic carbocycles. The number of hydrogen-bond donors (Lipinski definition) is 0. The van der Waals surface area contributed by atoms with Gasteiger partial charge in [0.1, 0.15) is 6.26 Å². The molecule has 0 saturated carbocycles. The van der Waals surface area contributed by atoms with Gasteiger partial charge in [0, 0.05) is 19.1 Å².